The predicted octanol–water partition coefficient (Wildman–Crippen LogP) is 0.275. The molecule has 32 heavy (non-hydrogen) atoms. The van der Waals surface area contributed by atoms with Crippen molar-refractivity contribution in [2.24, 2.45) is 0 Å². The molecule has 1 fully saturated rings. The zero-order chi connectivity index (χ0) is 23.3. The van der Waals surface area contributed by atoms with Crippen molar-refractivity contribution in [3.63, 3.8) is 0 Å². The molecule has 0 bridgehead atoms. The summed E-state index contributed by atoms with van der Waals surface area (Å²) in [4.78, 5) is 43.0. The van der Waals surface area contributed by atoms with Gasteiger partial charge in [0.25, 0.3) is 5.91 Å². The highest BCUT2D eigenvalue weighted by molar-refractivity contribution is 7.89. The van der Waals surface area contributed by atoms with Crippen LogP contribution >= 0.6 is 0 Å². The van der Waals surface area contributed by atoms with Gasteiger partial charge in [-0.25, -0.2) is 13.2 Å². The zero-order valence-corrected chi connectivity index (χ0v) is 18.5. The maximum absolute atomic E-state index is 13.3. The van der Waals surface area contributed by atoms with Crippen LogP contribution < -0.4 is 5.32 Å². The Balaban J connectivity index is 1.90. The summed E-state index contributed by atoms with van der Waals surface area (Å²) >= 11 is 0. The summed E-state index contributed by atoms with van der Waals surface area (Å²) in [6.45, 7) is 1.25. The zero-order valence-electron chi connectivity index (χ0n) is 17.7. The van der Waals surface area contributed by atoms with Crippen LogP contribution in [0.25, 0.3) is 0 Å². The normalized spacial score (nSPS) is 17.9. The van der Waals surface area contributed by atoms with Gasteiger partial charge in [-0.2, -0.15) is 4.31 Å². The van der Waals surface area contributed by atoms with Crippen molar-refractivity contribution < 1.29 is 27.5 Å². The van der Waals surface area contributed by atoms with E-state index in [0.29, 0.717) is 5.56 Å². The molecule has 1 saturated heterocycles. The Morgan fingerprint density at radius 1 is 1.12 bits per heavy atom. The van der Waals surface area contributed by atoms with Gasteiger partial charge < -0.3 is 15.0 Å². The SMILES string of the molecule is COC(=O)[C@@H](C)NC(=O)[C@H]1CN(C(=O)c2cccnc2)CCN1S(=O)(=O)c1ccccc1. The van der Waals surface area contributed by atoms with Gasteiger partial charge in [0.05, 0.1) is 17.6 Å². The molecule has 1 aliphatic heterocycles. The molecule has 0 spiro atoms. The molecule has 1 aliphatic rings. The molecule has 1 aromatic heterocycles. The molecular weight excluding hydrogens is 436 g/mol. The number of aromatic nitrogens is 1. The number of ether oxygens (including phenoxy) is 1. The number of sulfonamides is 1. The summed E-state index contributed by atoms with van der Waals surface area (Å²) < 4.78 is 32.2. The molecule has 0 unspecified atom stereocenters. The van der Waals surface area contributed by atoms with Gasteiger partial charge in [-0.15, -0.1) is 0 Å². The third kappa shape index (κ3) is 4.94. The Hall–Kier alpha value is -3.31. The first-order chi connectivity index (χ1) is 15.3. The van der Waals surface area contributed by atoms with Crippen molar-refractivity contribution in [3.05, 3.63) is 60.4 Å². The molecular formula is C21H24N4O6S. The number of amides is 2. The average molecular weight is 461 g/mol. The maximum Gasteiger partial charge on any atom is 0.328 e. The third-order valence-corrected chi connectivity index (χ3v) is 7.02. The Bertz CT molecular complexity index is 1080. The quantitative estimate of drug-likeness (QED) is 0.614. The van der Waals surface area contributed by atoms with Crippen molar-refractivity contribution in [1.82, 2.24) is 19.5 Å². The Kier molecular flexibility index (Phi) is 7.21. The second-order valence-electron chi connectivity index (χ2n) is 7.19. The third-order valence-electron chi connectivity index (χ3n) is 5.09. The summed E-state index contributed by atoms with van der Waals surface area (Å²) in [5, 5.41) is 2.48. The summed E-state index contributed by atoms with van der Waals surface area (Å²) in [7, 11) is -2.84. The summed E-state index contributed by atoms with van der Waals surface area (Å²) in [6.07, 6.45) is 2.94. The first-order valence-electron chi connectivity index (χ1n) is 9.90. The molecule has 3 rings (SSSR count). The maximum atomic E-state index is 13.3. The van der Waals surface area contributed by atoms with Crippen LogP contribution in [0, 0.1) is 0 Å². The topological polar surface area (TPSA) is 126 Å². The number of hydrogen-bond acceptors (Lipinski definition) is 7. The standard InChI is InChI=1S/C21H24N4O6S/c1-15(21(28)31-2)23-19(26)18-14-24(20(27)16-7-6-10-22-13-16)11-12-25(18)32(29,30)17-8-4-3-5-9-17/h3-10,13,15,18H,11-12,14H2,1-2H3,(H,23,26)/t15-,18-/m1/s1. The van der Waals surface area contributed by atoms with Crippen LogP contribution in [0.5, 0.6) is 0 Å². The lowest BCUT2D eigenvalue weighted by atomic mass is 10.1. The van der Waals surface area contributed by atoms with E-state index >= 15 is 0 Å². The highest BCUT2D eigenvalue weighted by atomic mass is 32.2. The Morgan fingerprint density at radius 2 is 1.84 bits per heavy atom. The Morgan fingerprint density at radius 3 is 2.47 bits per heavy atom. The van der Waals surface area contributed by atoms with Crippen molar-refractivity contribution in [1.29, 1.82) is 0 Å². The lowest BCUT2D eigenvalue weighted by Crippen LogP contribution is -2.62. The first kappa shape index (κ1) is 23.4. The van der Waals surface area contributed by atoms with Crippen LogP contribution in [-0.4, -0.2) is 79.2 Å². The van der Waals surface area contributed by atoms with Gasteiger partial charge in [0.1, 0.15) is 12.1 Å². The number of piperazine rings is 1. The highest BCUT2D eigenvalue weighted by Gasteiger charge is 2.42. The summed E-state index contributed by atoms with van der Waals surface area (Å²) in [6, 6.07) is 8.73. The monoisotopic (exact) mass is 460 g/mol. The fourth-order valence-corrected chi connectivity index (χ4v) is 4.99. The molecule has 1 aromatic carbocycles. The van der Waals surface area contributed by atoms with Gasteiger partial charge >= 0.3 is 5.97 Å². The number of nitrogens with one attached hydrogen (secondary N) is 1. The highest BCUT2D eigenvalue weighted by Crippen LogP contribution is 2.23. The van der Waals surface area contributed by atoms with Crippen molar-refractivity contribution >= 4 is 27.8 Å². The molecule has 0 aliphatic carbocycles. The van der Waals surface area contributed by atoms with Crippen LogP contribution in [-0.2, 0) is 24.3 Å². The van der Waals surface area contributed by atoms with E-state index in [4.69, 9.17) is 0 Å². The van der Waals surface area contributed by atoms with E-state index in [9.17, 15) is 22.8 Å². The van der Waals surface area contributed by atoms with Gasteiger partial charge in [0.2, 0.25) is 15.9 Å². The van der Waals surface area contributed by atoms with Crippen molar-refractivity contribution in [3.8, 4) is 0 Å². The minimum atomic E-state index is -4.03. The molecule has 11 heteroatoms. The van der Waals surface area contributed by atoms with E-state index < -0.39 is 34.0 Å². The van der Waals surface area contributed by atoms with Crippen LogP contribution in [0.4, 0.5) is 0 Å². The van der Waals surface area contributed by atoms with E-state index in [-0.39, 0.29) is 30.4 Å². The largest absolute Gasteiger partial charge is 0.467 e. The summed E-state index contributed by atoms with van der Waals surface area (Å²) in [5.41, 5.74) is 0.328. The van der Waals surface area contributed by atoms with E-state index in [0.717, 1.165) is 4.31 Å². The molecule has 2 heterocycles. The van der Waals surface area contributed by atoms with Crippen LogP contribution in [0.1, 0.15) is 17.3 Å². The number of carbonyl (C=O) groups excluding carboxylic acids is 3. The number of nitrogens with zero attached hydrogens (tertiary/aromatic N) is 3. The van der Waals surface area contributed by atoms with E-state index in [2.05, 4.69) is 15.0 Å². The van der Waals surface area contributed by atoms with Crippen LogP contribution in [0.2, 0.25) is 0 Å². The number of esters is 1. The van der Waals surface area contributed by atoms with Gasteiger partial charge in [0.15, 0.2) is 0 Å². The summed E-state index contributed by atoms with van der Waals surface area (Å²) in [5.74, 6) is -1.74. The van der Waals surface area contributed by atoms with E-state index in [1.807, 2.05) is 0 Å². The molecule has 2 amide bonds. The molecule has 10 nitrogen and oxygen atoms in total. The molecule has 2 aromatic rings. The second kappa shape index (κ2) is 9.88. The molecule has 0 radical (unpaired) electrons. The lowest BCUT2D eigenvalue weighted by molar-refractivity contribution is -0.145. The predicted molar refractivity (Wildman–Crippen MR) is 114 cm³/mol. The van der Waals surface area contributed by atoms with Crippen molar-refractivity contribution in [2.75, 3.05) is 26.7 Å². The number of rotatable bonds is 6. The molecule has 1 N–H and O–H groups in total. The lowest BCUT2D eigenvalue weighted by Gasteiger charge is -2.39. The van der Waals surface area contributed by atoms with E-state index in [1.165, 1.54) is 43.5 Å². The second-order valence-corrected chi connectivity index (χ2v) is 9.08. The van der Waals surface area contributed by atoms with E-state index in [1.54, 1.807) is 30.3 Å². The van der Waals surface area contributed by atoms with Crippen LogP contribution in [0.3, 0.4) is 0 Å². The smallest absolute Gasteiger partial charge is 0.328 e. The Labute approximate surface area is 186 Å². The molecule has 170 valence electrons. The van der Waals surface area contributed by atoms with Gasteiger partial charge in [0, 0.05) is 32.0 Å². The number of hydrogen-bond donors (Lipinski definition) is 1. The van der Waals surface area contributed by atoms with Crippen molar-refractivity contribution in [2.45, 2.75) is 23.9 Å². The van der Waals surface area contributed by atoms with Gasteiger partial charge in [-0.05, 0) is 31.2 Å². The fourth-order valence-electron chi connectivity index (χ4n) is 3.40. The number of pyridine rings is 1. The first-order valence-corrected chi connectivity index (χ1v) is 11.3. The number of carbonyl (C=O) groups is 3. The minimum absolute atomic E-state index is 0.0332. The van der Waals surface area contributed by atoms with Crippen LogP contribution in [0.15, 0.2) is 59.8 Å². The minimum Gasteiger partial charge on any atom is -0.467 e. The fraction of sp³-hybridized carbons (Fsp3) is 0.333. The number of methoxy groups -OCH3 is 1. The van der Waals surface area contributed by atoms with Gasteiger partial charge in [-0.3, -0.25) is 14.6 Å². The average Bonchev–Trinajstić information content (AvgIpc) is 2.83. The molecule has 0 saturated carbocycles. The number of benzene rings is 1. The van der Waals surface area contributed by atoms with Gasteiger partial charge in [-0.1, -0.05) is 18.2 Å². The molecule has 2 atom stereocenters.